The van der Waals surface area contributed by atoms with Gasteiger partial charge in [-0.3, -0.25) is 9.69 Å². The van der Waals surface area contributed by atoms with E-state index in [9.17, 15) is 9.90 Å². The fraction of sp³-hybridized carbons (Fsp3) is 0.0909. The number of phenols is 1. The number of hydrogen-bond acceptors (Lipinski definition) is 5. The molecule has 1 fully saturated rings. The minimum Gasteiger partial charge on any atom is -0.504 e. The molecule has 0 bridgehead atoms. The van der Waals surface area contributed by atoms with Gasteiger partial charge in [-0.1, -0.05) is 60.4 Å². The number of carbonyl (C=O) groups excluding carboxylic acids is 1. The maximum absolute atomic E-state index is 13.0. The summed E-state index contributed by atoms with van der Waals surface area (Å²) in [6.45, 7) is 2.29. The maximum atomic E-state index is 13.0. The second-order valence-corrected chi connectivity index (χ2v) is 7.88. The Labute approximate surface area is 172 Å². The molecule has 0 aliphatic carbocycles. The SMILES string of the molecule is CCOc1cc(/C=C2\SC(=S)N(c3ccc4ccccc4c3)C2=O)ccc1O. The number of ether oxygens (including phenoxy) is 1. The lowest BCUT2D eigenvalue weighted by atomic mass is 10.1. The molecule has 3 aromatic rings. The van der Waals surface area contributed by atoms with Crippen molar-refractivity contribution in [3.05, 3.63) is 71.1 Å². The number of benzene rings is 3. The Morgan fingerprint density at radius 3 is 2.68 bits per heavy atom. The molecule has 0 aromatic heterocycles. The third kappa shape index (κ3) is 3.48. The number of hydrogen-bond donors (Lipinski definition) is 1. The number of thiocarbonyl (C=S) groups is 1. The minimum atomic E-state index is -0.156. The van der Waals surface area contributed by atoms with E-state index in [2.05, 4.69) is 0 Å². The Balaban J connectivity index is 1.66. The van der Waals surface area contributed by atoms with Crippen LogP contribution < -0.4 is 9.64 Å². The van der Waals surface area contributed by atoms with Gasteiger partial charge in [0.2, 0.25) is 0 Å². The van der Waals surface area contributed by atoms with E-state index in [0.717, 1.165) is 22.0 Å². The van der Waals surface area contributed by atoms with E-state index in [1.807, 2.05) is 49.4 Å². The molecule has 0 spiro atoms. The van der Waals surface area contributed by atoms with Gasteiger partial charge in [0.1, 0.15) is 0 Å². The molecule has 28 heavy (non-hydrogen) atoms. The first-order valence-corrected chi connectivity index (χ1v) is 10.0. The standard InChI is InChI=1S/C22H17NO3S2/c1-2-26-19-11-14(7-10-18(19)24)12-20-21(25)23(22(27)28-20)17-9-8-15-5-3-4-6-16(15)13-17/h3-13,24H,2H2,1H3/b20-12-. The Kier molecular flexibility index (Phi) is 5.07. The Morgan fingerprint density at radius 1 is 1.11 bits per heavy atom. The molecule has 1 saturated heterocycles. The van der Waals surface area contributed by atoms with Crippen LogP contribution in [-0.4, -0.2) is 21.9 Å². The van der Waals surface area contributed by atoms with Crippen LogP contribution in [0, 0.1) is 0 Å². The van der Waals surface area contributed by atoms with E-state index in [0.29, 0.717) is 21.6 Å². The number of nitrogens with zero attached hydrogens (tertiary/aromatic N) is 1. The van der Waals surface area contributed by atoms with Crippen molar-refractivity contribution in [2.45, 2.75) is 6.92 Å². The van der Waals surface area contributed by atoms with Crippen LogP contribution in [0.5, 0.6) is 11.5 Å². The highest BCUT2D eigenvalue weighted by Crippen LogP contribution is 2.37. The fourth-order valence-electron chi connectivity index (χ4n) is 3.05. The van der Waals surface area contributed by atoms with Gasteiger partial charge in [-0.05, 0) is 53.6 Å². The summed E-state index contributed by atoms with van der Waals surface area (Å²) in [6, 6.07) is 18.9. The van der Waals surface area contributed by atoms with Crippen LogP contribution in [0.1, 0.15) is 12.5 Å². The molecule has 4 nitrogen and oxygen atoms in total. The van der Waals surface area contributed by atoms with Gasteiger partial charge in [0.05, 0.1) is 17.2 Å². The molecular weight excluding hydrogens is 390 g/mol. The monoisotopic (exact) mass is 407 g/mol. The number of thioether (sulfide) groups is 1. The van der Waals surface area contributed by atoms with Crippen LogP contribution in [0.25, 0.3) is 16.8 Å². The summed E-state index contributed by atoms with van der Waals surface area (Å²) < 4.78 is 5.91. The van der Waals surface area contributed by atoms with Gasteiger partial charge in [0, 0.05) is 0 Å². The summed E-state index contributed by atoms with van der Waals surface area (Å²) in [7, 11) is 0. The molecule has 1 amide bonds. The molecule has 1 aliphatic rings. The Hall–Kier alpha value is -2.83. The predicted molar refractivity (Wildman–Crippen MR) is 119 cm³/mol. The zero-order valence-electron chi connectivity index (χ0n) is 15.1. The molecule has 0 radical (unpaired) electrons. The molecule has 140 valence electrons. The summed E-state index contributed by atoms with van der Waals surface area (Å²) >= 11 is 6.73. The van der Waals surface area contributed by atoms with Gasteiger partial charge in [0.25, 0.3) is 5.91 Å². The number of amides is 1. The maximum Gasteiger partial charge on any atom is 0.270 e. The van der Waals surface area contributed by atoms with Crippen molar-refractivity contribution in [2.75, 3.05) is 11.5 Å². The average Bonchev–Trinajstić information content (AvgIpc) is 2.97. The lowest BCUT2D eigenvalue weighted by Crippen LogP contribution is -2.27. The van der Waals surface area contributed by atoms with Crippen molar-refractivity contribution in [3.8, 4) is 11.5 Å². The van der Waals surface area contributed by atoms with E-state index in [1.54, 1.807) is 29.2 Å². The van der Waals surface area contributed by atoms with Crippen molar-refractivity contribution in [1.29, 1.82) is 0 Å². The second-order valence-electron chi connectivity index (χ2n) is 6.21. The number of aromatic hydroxyl groups is 1. The van der Waals surface area contributed by atoms with Crippen LogP contribution in [0.3, 0.4) is 0 Å². The van der Waals surface area contributed by atoms with Crippen LogP contribution in [-0.2, 0) is 4.79 Å². The number of fused-ring (bicyclic) bond motifs is 1. The molecule has 1 N–H and O–H groups in total. The lowest BCUT2D eigenvalue weighted by Gasteiger charge is -2.15. The van der Waals surface area contributed by atoms with Gasteiger partial charge in [-0.2, -0.15) is 0 Å². The number of anilines is 1. The van der Waals surface area contributed by atoms with Crippen molar-refractivity contribution in [1.82, 2.24) is 0 Å². The fourth-order valence-corrected chi connectivity index (χ4v) is 4.35. The molecule has 0 atom stereocenters. The molecular formula is C22H17NO3S2. The molecule has 3 aromatic carbocycles. The third-order valence-electron chi connectivity index (χ3n) is 4.37. The van der Waals surface area contributed by atoms with Gasteiger partial charge in [0.15, 0.2) is 15.8 Å². The van der Waals surface area contributed by atoms with Crippen LogP contribution >= 0.6 is 24.0 Å². The highest BCUT2D eigenvalue weighted by molar-refractivity contribution is 8.27. The Morgan fingerprint density at radius 2 is 1.89 bits per heavy atom. The molecule has 0 saturated carbocycles. The van der Waals surface area contributed by atoms with E-state index >= 15 is 0 Å². The summed E-state index contributed by atoms with van der Waals surface area (Å²) in [4.78, 5) is 15.1. The summed E-state index contributed by atoms with van der Waals surface area (Å²) in [5, 5.41) is 12.0. The average molecular weight is 408 g/mol. The zero-order valence-corrected chi connectivity index (χ0v) is 16.7. The summed E-state index contributed by atoms with van der Waals surface area (Å²) in [5.74, 6) is 0.306. The quantitative estimate of drug-likeness (QED) is 0.467. The van der Waals surface area contributed by atoms with Crippen LogP contribution in [0.4, 0.5) is 5.69 Å². The number of phenolic OH excluding ortho intramolecular Hbond substituents is 1. The third-order valence-corrected chi connectivity index (χ3v) is 5.67. The highest BCUT2D eigenvalue weighted by atomic mass is 32.2. The molecule has 0 unspecified atom stereocenters. The van der Waals surface area contributed by atoms with E-state index in [4.69, 9.17) is 17.0 Å². The van der Waals surface area contributed by atoms with Gasteiger partial charge in [-0.25, -0.2) is 0 Å². The summed E-state index contributed by atoms with van der Waals surface area (Å²) in [5.41, 5.74) is 1.52. The highest BCUT2D eigenvalue weighted by Gasteiger charge is 2.33. The normalized spacial score (nSPS) is 15.6. The van der Waals surface area contributed by atoms with Crippen molar-refractivity contribution in [3.63, 3.8) is 0 Å². The van der Waals surface area contributed by atoms with Crippen molar-refractivity contribution >= 4 is 56.7 Å². The number of carbonyl (C=O) groups is 1. The van der Waals surface area contributed by atoms with Gasteiger partial charge in [-0.15, -0.1) is 0 Å². The predicted octanol–water partition coefficient (Wildman–Crippen LogP) is 5.35. The molecule has 1 heterocycles. The van der Waals surface area contributed by atoms with Crippen LogP contribution in [0.2, 0.25) is 0 Å². The smallest absolute Gasteiger partial charge is 0.270 e. The first kappa shape index (κ1) is 18.5. The van der Waals surface area contributed by atoms with Gasteiger partial charge >= 0.3 is 0 Å². The largest absolute Gasteiger partial charge is 0.504 e. The van der Waals surface area contributed by atoms with Gasteiger partial charge < -0.3 is 9.84 Å². The second kappa shape index (κ2) is 7.66. The first-order chi connectivity index (χ1) is 13.6. The van der Waals surface area contributed by atoms with E-state index in [-0.39, 0.29) is 11.7 Å². The lowest BCUT2D eigenvalue weighted by molar-refractivity contribution is -0.113. The number of rotatable bonds is 4. The zero-order chi connectivity index (χ0) is 19.7. The minimum absolute atomic E-state index is 0.0720. The topological polar surface area (TPSA) is 49.8 Å². The first-order valence-electron chi connectivity index (χ1n) is 8.79. The van der Waals surface area contributed by atoms with Crippen LogP contribution in [0.15, 0.2) is 65.6 Å². The Bertz CT molecular complexity index is 1120. The molecule has 6 heteroatoms. The van der Waals surface area contributed by atoms with E-state index in [1.165, 1.54) is 11.8 Å². The van der Waals surface area contributed by atoms with E-state index < -0.39 is 0 Å². The summed E-state index contributed by atoms with van der Waals surface area (Å²) in [6.07, 6.45) is 1.77. The molecule has 4 rings (SSSR count). The molecule has 1 aliphatic heterocycles. The van der Waals surface area contributed by atoms with Crippen molar-refractivity contribution < 1.29 is 14.6 Å². The van der Waals surface area contributed by atoms with Crippen molar-refractivity contribution in [2.24, 2.45) is 0 Å².